The average Bonchev–Trinajstić information content (AvgIpc) is 3.06. The van der Waals surface area contributed by atoms with Crippen LogP contribution in [0.2, 0.25) is 0 Å². The fourth-order valence-corrected chi connectivity index (χ4v) is 2.63. The van der Waals surface area contributed by atoms with Gasteiger partial charge in [-0.2, -0.15) is 14.9 Å². The van der Waals surface area contributed by atoms with Crippen molar-refractivity contribution < 1.29 is 19.4 Å². The van der Waals surface area contributed by atoms with E-state index in [0.29, 0.717) is 28.5 Å². The number of hydrogen-bond donors (Lipinski definition) is 2. The second kappa shape index (κ2) is 8.96. The lowest BCUT2D eigenvalue weighted by atomic mass is 10.2. The number of benzene rings is 2. The van der Waals surface area contributed by atoms with Crippen LogP contribution < -0.4 is 9.47 Å². The minimum absolute atomic E-state index is 0.317. The van der Waals surface area contributed by atoms with E-state index in [0.717, 1.165) is 11.3 Å². The number of H-pyrrole nitrogens is 1. The number of nitrogens with zero attached hydrogens (tertiary/aromatic N) is 3. The monoisotopic (exact) mass is 398 g/mol. The highest BCUT2D eigenvalue weighted by Gasteiger charge is 2.10. The third-order valence-corrected chi connectivity index (χ3v) is 3.90. The van der Waals surface area contributed by atoms with Gasteiger partial charge in [-0.1, -0.05) is 24.3 Å². The largest absolute Gasteiger partial charge is 0.494 e. The molecule has 0 fully saturated rings. The highest BCUT2D eigenvalue weighted by atomic mass is 32.1. The van der Waals surface area contributed by atoms with Crippen molar-refractivity contribution in [2.75, 3.05) is 13.2 Å². The minimum atomic E-state index is -1.06. The Kier molecular flexibility index (Phi) is 6.18. The SMILES string of the molecule is CCOc1cccc(-c2n[nH]c(=S)n2/N=C\c2ccccc2OCC(=O)O)c1. The molecule has 28 heavy (non-hydrogen) atoms. The lowest BCUT2D eigenvalue weighted by Crippen LogP contribution is -2.10. The van der Waals surface area contributed by atoms with Crippen molar-refractivity contribution in [1.29, 1.82) is 0 Å². The molecule has 0 bridgehead atoms. The van der Waals surface area contributed by atoms with Crippen molar-refractivity contribution in [2.45, 2.75) is 6.92 Å². The van der Waals surface area contributed by atoms with E-state index in [9.17, 15) is 4.79 Å². The van der Waals surface area contributed by atoms with E-state index in [2.05, 4.69) is 15.3 Å². The number of aromatic amines is 1. The Morgan fingerprint density at radius 2 is 2.11 bits per heavy atom. The molecule has 0 aliphatic carbocycles. The molecule has 0 radical (unpaired) electrons. The lowest BCUT2D eigenvalue weighted by Gasteiger charge is -2.07. The molecule has 0 aliphatic rings. The number of carboxylic acids is 1. The first-order chi connectivity index (χ1) is 13.6. The fraction of sp³-hybridized carbons (Fsp3) is 0.158. The number of ether oxygens (including phenoxy) is 2. The van der Waals surface area contributed by atoms with Crippen LogP contribution in [0.3, 0.4) is 0 Å². The van der Waals surface area contributed by atoms with Crippen molar-refractivity contribution in [2.24, 2.45) is 5.10 Å². The number of carboxylic acid groups (broad SMARTS) is 1. The second-order valence-corrected chi connectivity index (χ2v) is 5.98. The summed E-state index contributed by atoms with van der Waals surface area (Å²) in [5, 5.41) is 20.2. The highest BCUT2D eigenvalue weighted by molar-refractivity contribution is 7.71. The highest BCUT2D eigenvalue weighted by Crippen LogP contribution is 2.23. The van der Waals surface area contributed by atoms with Gasteiger partial charge in [0, 0.05) is 11.1 Å². The Morgan fingerprint density at radius 1 is 1.29 bits per heavy atom. The topological polar surface area (TPSA) is 102 Å². The first kappa shape index (κ1) is 19.3. The summed E-state index contributed by atoms with van der Waals surface area (Å²) >= 11 is 5.28. The summed E-state index contributed by atoms with van der Waals surface area (Å²) in [4.78, 5) is 10.7. The maximum atomic E-state index is 10.7. The van der Waals surface area contributed by atoms with Gasteiger partial charge in [0.05, 0.1) is 12.8 Å². The summed E-state index contributed by atoms with van der Waals surface area (Å²) in [5.41, 5.74) is 1.40. The Morgan fingerprint density at radius 3 is 2.89 bits per heavy atom. The van der Waals surface area contributed by atoms with E-state index >= 15 is 0 Å². The molecule has 2 aromatic carbocycles. The fourth-order valence-electron chi connectivity index (χ4n) is 2.46. The minimum Gasteiger partial charge on any atom is -0.494 e. The molecule has 2 N–H and O–H groups in total. The maximum Gasteiger partial charge on any atom is 0.341 e. The summed E-state index contributed by atoms with van der Waals surface area (Å²) in [5.74, 6) is 0.590. The van der Waals surface area contributed by atoms with Gasteiger partial charge < -0.3 is 14.6 Å². The molecular formula is C19H18N4O4S. The van der Waals surface area contributed by atoms with Crippen molar-refractivity contribution in [3.8, 4) is 22.9 Å². The molecule has 1 aromatic heterocycles. The number of nitrogens with one attached hydrogen (secondary N) is 1. The van der Waals surface area contributed by atoms with Crippen LogP contribution in [0.1, 0.15) is 12.5 Å². The number of rotatable bonds is 8. The van der Waals surface area contributed by atoms with Gasteiger partial charge in [-0.15, -0.1) is 0 Å². The molecule has 0 unspecified atom stereocenters. The van der Waals surface area contributed by atoms with Gasteiger partial charge in [0.25, 0.3) is 0 Å². The second-order valence-electron chi connectivity index (χ2n) is 5.59. The van der Waals surface area contributed by atoms with Crippen LogP contribution in [0.4, 0.5) is 0 Å². The molecule has 0 saturated carbocycles. The van der Waals surface area contributed by atoms with Gasteiger partial charge in [-0.05, 0) is 43.4 Å². The first-order valence-electron chi connectivity index (χ1n) is 8.47. The summed E-state index contributed by atoms with van der Waals surface area (Å²) in [6.45, 7) is 2.03. The number of aliphatic carboxylic acids is 1. The van der Waals surface area contributed by atoms with E-state index in [1.54, 1.807) is 30.5 Å². The first-order valence-corrected chi connectivity index (χ1v) is 8.88. The molecule has 3 rings (SSSR count). The smallest absolute Gasteiger partial charge is 0.341 e. The summed E-state index contributed by atoms with van der Waals surface area (Å²) in [6, 6.07) is 14.4. The summed E-state index contributed by atoms with van der Waals surface area (Å²) < 4.78 is 12.6. The molecule has 0 aliphatic heterocycles. The van der Waals surface area contributed by atoms with Crippen molar-refractivity contribution in [1.82, 2.24) is 14.9 Å². The molecule has 1 heterocycles. The van der Waals surface area contributed by atoms with Gasteiger partial charge in [-0.25, -0.2) is 9.89 Å². The molecule has 8 nitrogen and oxygen atoms in total. The number of carbonyl (C=O) groups is 1. The van der Waals surface area contributed by atoms with Crippen molar-refractivity contribution in [3.05, 3.63) is 58.9 Å². The van der Waals surface area contributed by atoms with E-state index in [4.69, 9.17) is 26.8 Å². The predicted molar refractivity (Wildman–Crippen MR) is 107 cm³/mol. The summed E-state index contributed by atoms with van der Waals surface area (Å²) in [7, 11) is 0. The Hall–Kier alpha value is -3.46. The average molecular weight is 398 g/mol. The number of aromatic nitrogens is 3. The third kappa shape index (κ3) is 4.63. The molecule has 0 atom stereocenters. The Labute approximate surface area is 166 Å². The van der Waals surface area contributed by atoms with E-state index in [-0.39, 0.29) is 0 Å². The van der Waals surface area contributed by atoms with Crippen LogP contribution >= 0.6 is 12.2 Å². The molecule has 0 amide bonds. The number of para-hydroxylation sites is 1. The van der Waals surface area contributed by atoms with Crippen LogP contribution in [0.15, 0.2) is 53.6 Å². The zero-order valence-electron chi connectivity index (χ0n) is 15.0. The zero-order chi connectivity index (χ0) is 19.9. The molecule has 0 saturated heterocycles. The third-order valence-electron chi connectivity index (χ3n) is 3.64. The Bertz CT molecular complexity index is 1060. The van der Waals surface area contributed by atoms with Gasteiger partial charge >= 0.3 is 5.97 Å². The standard InChI is InChI=1S/C19H18N4O4S/c1-2-26-15-8-5-7-13(10-15)18-21-22-19(28)23(18)20-11-14-6-3-4-9-16(14)27-12-17(24)25/h3-11H,2,12H2,1H3,(H,22,28)(H,24,25)/b20-11-. The van der Waals surface area contributed by atoms with Gasteiger partial charge in [0.1, 0.15) is 11.5 Å². The molecule has 0 spiro atoms. The molecule has 9 heteroatoms. The van der Waals surface area contributed by atoms with Crippen LogP contribution in [-0.4, -0.2) is 45.4 Å². The van der Waals surface area contributed by atoms with E-state index in [1.165, 1.54) is 4.68 Å². The van der Waals surface area contributed by atoms with Gasteiger partial charge in [0.15, 0.2) is 12.4 Å². The zero-order valence-corrected chi connectivity index (χ0v) is 15.8. The Balaban J connectivity index is 1.93. The van der Waals surface area contributed by atoms with Crippen LogP contribution in [0.25, 0.3) is 11.4 Å². The predicted octanol–water partition coefficient (Wildman–Crippen LogP) is 3.35. The molecule has 144 valence electrons. The van der Waals surface area contributed by atoms with Crippen LogP contribution in [-0.2, 0) is 4.79 Å². The lowest BCUT2D eigenvalue weighted by molar-refractivity contribution is -0.139. The van der Waals surface area contributed by atoms with Crippen molar-refractivity contribution >= 4 is 24.4 Å². The van der Waals surface area contributed by atoms with Gasteiger partial charge in [-0.3, -0.25) is 0 Å². The maximum absolute atomic E-state index is 10.7. The normalized spacial score (nSPS) is 10.9. The van der Waals surface area contributed by atoms with Crippen LogP contribution in [0, 0.1) is 4.77 Å². The van der Waals surface area contributed by atoms with Gasteiger partial charge in [0.2, 0.25) is 4.77 Å². The van der Waals surface area contributed by atoms with Crippen molar-refractivity contribution in [3.63, 3.8) is 0 Å². The molecular weight excluding hydrogens is 380 g/mol. The van der Waals surface area contributed by atoms with Crippen LogP contribution in [0.5, 0.6) is 11.5 Å². The summed E-state index contributed by atoms with van der Waals surface area (Å²) in [6.07, 6.45) is 1.54. The number of hydrogen-bond acceptors (Lipinski definition) is 6. The van der Waals surface area contributed by atoms with E-state index in [1.807, 2.05) is 31.2 Å². The molecule has 3 aromatic rings. The van der Waals surface area contributed by atoms with E-state index < -0.39 is 12.6 Å². The quantitative estimate of drug-likeness (QED) is 0.446.